The molecule has 0 amide bonds. The lowest BCUT2D eigenvalue weighted by atomic mass is 10.3. The fraction of sp³-hybridized carbons (Fsp3) is 0.364. The second-order valence-corrected chi connectivity index (χ2v) is 4.04. The molecule has 1 rings (SSSR count). The smallest absolute Gasteiger partial charge is 0.274 e. The number of nitrogens with one attached hydrogen (secondary N) is 1. The quantitative estimate of drug-likeness (QED) is 0.485. The van der Waals surface area contributed by atoms with Crippen molar-refractivity contribution in [1.29, 1.82) is 0 Å². The molecule has 0 spiro atoms. The first-order valence-electron chi connectivity index (χ1n) is 5.43. The predicted molar refractivity (Wildman–Crippen MR) is 69.5 cm³/mol. The number of aromatic nitrogens is 1. The first-order chi connectivity index (χ1) is 8.52. The van der Waals surface area contributed by atoms with E-state index in [1.54, 1.807) is 24.2 Å². The van der Waals surface area contributed by atoms with Gasteiger partial charge in [-0.25, -0.2) is 4.98 Å². The first-order valence-corrected chi connectivity index (χ1v) is 5.81. The number of hydrogen-bond acceptors (Lipinski definition) is 5. The van der Waals surface area contributed by atoms with Gasteiger partial charge >= 0.3 is 0 Å². The Morgan fingerprint density at radius 3 is 2.89 bits per heavy atom. The molecule has 0 atom stereocenters. The summed E-state index contributed by atoms with van der Waals surface area (Å²) in [6, 6.07) is 3.50. The van der Waals surface area contributed by atoms with Crippen molar-refractivity contribution in [3.63, 3.8) is 0 Å². The zero-order chi connectivity index (χ0) is 13.5. The van der Waals surface area contributed by atoms with Crippen LogP contribution in [0.25, 0.3) is 0 Å². The van der Waals surface area contributed by atoms with Crippen molar-refractivity contribution in [3.8, 4) is 0 Å². The van der Waals surface area contributed by atoms with Crippen molar-refractivity contribution in [1.82, 2.24) is 15.2 Å². The van der Waals surface area contributed by atoms with Gasteiger partial charge < -0.3 is 10.2 Å². The highest BCUT2D eigenvalue weighted by Gasteiger charge is 2.07. The van der Waals surface area contributed by atoms with E-state index in [0.29, 0.717) is 24.1 Å². The van der Waals surface area contributed by atoms with Crippen molar-refractivity contribution in [2.75, 3.05) is 13.6 Å². The van der Waals surface area contributed by atoms with Gasteiger partial charge in [0, 0.05) is 26.3 Å². The van der Waals surface area contributed by atoms with E-state index < -0.39 is 4.92 Å². The van der Waals surface area contributed by atoms with Crippen LogP contribution in [-0.2, 0) is 6.54 Å². The number of nitro groups is 1. The molecule has 6 nitrogen and oxygen atoms in total. The Kier molecular flexibility index (Phi) is 5.38. The van der Waals surface area contributed by atoms with Gasteiger partial charge in [0.15, 0.2) is 5.82 Å². The van der Waals surface area contributed by atoms with Gasteiger partial charge in [-0.3, -0.25) is 10.1 Å². The van der Waals surface area contributed by atoms with Crippen LogP contribution in [0.15, 0.2) is 30.4 Å². The molecule has 0 unspecified atom stereocenters. The largest absolute Gasteiger partial charge is 0.362 e. The molecule has 0 bridgehead atoms. The molecule has 18 heavy (non-hydrogen) atoms. The molecule has 0 saturated carbocycles. The second kappa shape index (κ2) is 6.80. The maximum atomic E-state index is 10.5. The minimum atomic E-state index is -0.478. The van der Waals surface area contributed by atoms with E-state index in [-0.39, 0.29) is 0 Å². The van der Waals surface area contributed by atoms with Crippen LogP contribution in [0.2, 0.25) is 5.15 Å². The van der Waals surface area contributed by atoms with Gasteiger partial charge in [-0.1, -0.05) is 17.7 Å². The molecule has 0 saturated heterocycles. The van der Waals surface area contributed by atoms with E-state index in [1.165, 1.54) is 0 Å². The van der Waals surface area contributed by atoms with Crippen molar-refractivity contribution >= 4 is 11.6 Å². The summed E-state index contributed by atoms with van der Waals surface area (Å²) in [7, 11) is 1.78. The van der Waals surface area contributed by atoms with Crippen molar-refractivity contribution in [2.24, 2.45) is 0 Å². The van der Waals surface area contributed by atoms with E-state index in [9.17, 15) is 10.1 Å². The maximum Gasteiger partial charge on any atom is 0.274 e. The topological polar surface area (TPSA) is 71.3 Å². The molecule has 1 aromatic rings. The summed E-state index contributed by atoms with van der Waals surface area (Å²) in [5.74, 6) is 0.456. The maximum absolute atomic E-state index is 10.5. The zero-order valence-electron chi connectivity index (χ0n) is 10.3. The van der Waals surface area contributed by atoms with Crippen LogP contribution in [0, 0.1) is 10.1 Å². The SMILES string of the molecule is CCN(C)C(=C[N+](=O)[O-])NCc1ccc(Cl)nc1. The van der Waals surface area contributed by atoms with Gasteiger partial charge in [0.05, 0.1) is 4.92 Å². The number of hydrogen-bond donors (Lipinski definition) is 1. The lowest BCUT2D eigenvalue weighted by Gasteiger charge is -2.19. The van der Waals surface area contributed by atoms with E-state index >= 15 is 0 Å². The molecule has 0 aliphatic heterocycles. The van der Waals surface area contributed by atoms with Gasteiger partial charge in [0.1, 0.15) is 5.15 Å². The minimum absolute atomic E-state index is 0.422. The molecule has 0 aromatic carbocycles. The Balaban J connectivity index is 2.68. The van der Waals surface area contributed by atoms with Gasteiger partial charge in [-0.05, 0) is 18.6 Å². The Bertz CT molecular complexity index is 433. The first kappa shape index (κ1) is 14.2. The molecule has 98 valence electrons. The lowest BCUT2D eigenvalue weighted by Crippen LogP contribution is -2.29. The number of pyridine rings is 1. The van der Waals surface area contributed by atoms with Crippen LogP contribution in [0.3, 0.4) is 0 Å². The van der Waals surface area contributed by atoms with Gasteiger partial charge in [-0.2, -0.15) is 0 Å². The van der Waals surface area contributed by atoms with Gasteiger partial charge in [0.25, 0.3) is 6.20 Å². The van der Waals surface area contributed by atoms with E-state index in [1.807, 2.05) is 13.0 Å². The molecule has 1 heterocycles. The minimum Gasteiger partial charge on any atom is -0.362 e. The number of halogens is 1. The van der Waals surface area contributed by atoms with Crippen LogP contribution >= 0.6 is 11.6 Å². The predicted octanol–water partition coefficient (Wildman–Crippen LogP) is 1.85. The van der Waals surface area contributed by atoms with E-state index in [4.69, 9.17) is 11.6 Å². The van der Waals surface area contributed by atoms with E-state index in [2.05, 4.69) is 10.3 Å². The highest BCUT2D eigenvalue weighted by atomic mass is 35.5. The molecule has 0 aliphatic carbocycles. The van der Waals surface area contributed by atoms with Crippen LogP contribution < -0.4 is 5.32 Å². The number of rotatable bonds is 6. The molecule has 7 heteroatoms. The average molecular weight is 271 g/mol. The third-order valence-corrected chi connectivity index (χ3v) is 2.60. The standard InChI is InChI=1S/C11H15ClN4O2/c1-3-15(2)11(8-16(17)18)14-7-9-4-5-10(12)13-6-9/h4-6,8,14H,3,7H2,1-2H3. The Hall–Kier alpha value is -1.82. The van der Waals surface area contributed by atoms with Crippen LogP contribution in [0.4, 0.5) is 0 Å². The molecule has 0 radical (unpaired) electrons. The fourth-order valence-electron chi connectivity index (χ4n) is 1.25. The van der Waals surface area contributed by atoms with E-state index in [0.717, 1.165) is 11.8 Å². The van der Waals surface area contributed by atoms with Crippen molar-refractivity contribution < 1.29 is 4.92 Å². The monoisotopic (exact) mass is 270 g/mol. The third-order valence-electron chi connectivity index (χ3n) is 2.38. The van der Waals surface area contributed by atoms with Crippen LogP contribution in [-0.4, -0.2) is 28.4 Å². The molecule has 1 aromatic heterocycles. The van der Waals surface area contributed by atoms with Crippen molar-refractivity contribution in [3.05, 3.63) is 51.2 Å². The Morgan fingerprint density at radius 2 is 2.39 bits per heavy atom. The fourth-order valence-corrected chi connectivity index (χ4v) is 1.36. The highest BCUT2D eigenvalue weighted by Crippen LogP contribution is 2.06. The van der Waals surface area contributed by atoms with Gasteiger partial charge in [-0.15, -0.1) is 0 Å². The Labute approximate surface area is 110 Å². The summed E-state index contributed by atoms with van der Waals surface area (Å²) in [6.07, 6.45) is 2.58. The zero-order valence-corrected chi connectivity index (χ0v) is 11.0. The molecule has 0 fully saturated rings. The van der Waals surface area contributed by atoms with Crippen LogP contribution in [0.1, 0.15) is 12.5 Å². The average Bonchev–Trinajstić information content (AvgIpc) is 2.35. The number of nitrogens with zero attached hydrogens (tertiary/aromatic N) is 3. The summed E-state index contributed by atoms with van der Waals surface area (Å²) in [5.41, 5.74) is 0.901. The molecule has 0 aliphatic rings. The molecular weight excluding hydrogens is 256 g/mol. The normalized spacial score (nSPS) is 11.2. The summed E-state index contributed by atoms with van der Waals surface area (Å²) in [4.78, 5) is 15.7. The second-order valence-electron chi connectivity index (χ2n) is 3.66. The molecular formula is C11H15ClN4O2. The van der Waals surface area contributed by atoms with Crippen molar-refractivity contribution in [2.45, 2.75) is 13.5 Å². The Morgan fingerprint density at radius 1 is 1.67 bits per heavy atom. The highest BCUT2D eigenvalue weighted by molar-refractivity contribution is 6.29. The van der Waals surface area contributed by atoms with Crippen LogP contribution in [0.5, 0.6) is 0 Å². The summed E-state index contributed by atoms with van der Waals surface area (Å²) >= 11 is 5.68. The van der Waals surface area contributed by atoms with Gasteiger partial charge in [0.2, 0.25) is 0 Å². The summed E-state index contributed by atoms with van der Waals surface area (Å²) < 4.78 is 0. The molecule has 1 N–H and O–H groups in total. The summed E-state index contributed by atoms with van der Waals surface area (Å²) in [6.45, 7) is 3.04. The summed E-state index contributed by atoms with van der Waals surface area (Å²) in [5, 5.41) is 13.9. The lowest BCUT2D eigenvalue weighted by molar-refractivity contribution is -0.404. The third kappa shape index (κ3) is 4.58.